The van der Waals surface area contributed by atoms with Crippen molar-refractivity contribution in [2.45, 2.75) is 25.8 Å². The van der Waals surface area contributed by atoms with E-state index in [1.807, 2.05) is 23.1 Å². The maximum Gasteiger partial charge on any atom is 0.257 e. The number of likely N-dealkylation sites (tertiary alicyclic amines) is 1. The van der Waals surface area contributed by atoms with Crippen LogP contribution in [0.15, 0.2) is 42.9 Å². The second-order valence-electron chi connectivity index (χ2n) is 6.14. The zero-order valence-corrected chi connectivity index (χ0v) is 13.9. The van der Waals surface area contributed by atoms with Gasteiger partial charge in [0.1, 0.15) is 5.82 Å². The van der Waals surface area contributed by atoms with Gasteiger partial charge in [0.05, 0.1) is 24.0 Å². The predicted molar refractivity (Wildman–Crippen MR) is 94.3 cm³/mol. The first-order valence-electron chi connectivity index (χ1n) is 8.59. The minimum atomic E-state index is 0.0502. The van der Waals surface area contributed by atoms with E-state index in [-0.39, 0.29) is 5.91 Å². The van der Waals surface area contributed by atoms with Crippen LogP contribution in [0, 0.1) is 0 Å². The van der Waals surface area contributed by atoms with Crippen LogP contribution in [0.3, 0.4) is 0 Å². The summed E-state index contributed by atoms with van der Waals surface area (Å²) in [6, 6.07) is 7.40. The Morgan fingerprint density at radius 1 is 1.04 bits per heavy atom. The first-order valence-corrected chi connectivity index (χ1v) is 8.59. The lowest BCUT2D eigenvalue weighted by atomic mass is 10.1. The lowest BCUT2D eigenvalue weighted by Gasteiger charge is -2.27. The van der Waals surface area contributed by atoms with Gasteiger partial charge >= 0.3 is 0 Å². The summed E-state index contributed by atoms with van der Waals surface area (Å²) in [5.41, 5.74) is 2.37. The summed E-state index contributed by atoms with van der Waals surface area (Å²) < 4.78 is 1.78. The minimum absolute atomic E-state index is 0.0502. The number of anilines is 1. The normalized spacial score (nSPS) is 14.6. The van der Waals surface area contributed by atoms with Crippen LogP contribution in [0.2, 0.25) is 0 Å². The van der Waals surface area contributed by atoms with Crippen molar-refractivity contribution in [3.63, 3.8) is 0 Å². The van der Waals surface area contributed by atoms with E-state index in [0.29, 0.717) is 17.9 Å². The molecule has 0 unspecified atom stereocenters. The summed E-state index contributed by atoms with van der Waals surface area (Å²) in [7, 11) is 0. The summed E-state index contributed by atoms with van der Waals surface area (Å²) in [5.74, 6) is 0.657. The number of pyridine rings is 1. The van der Waals surface area contributed by atoms with Crippen molar-refractivity contribution in [1.29, 1.82) is 0 Å². The molecule has 1 saturated heterocycles. The van der Waals surface area contributed by atoms with Gasteiger partial charge in [-0.2, -0.15) is 5.10 Å². The molecule has 0 atom stereocenters. The number of carbonyl (C=O) groups is 1. The van der Waals surface area contributed by atoms with Gasteiger partial charge in [0.25, 0.3) is 5.91 Å². The number of carbonyl (C=O) groups excluding carboxylic acids is 1. The van der Waals surface area contributed by atoms with Crippen molar-refractivity contribution in [1.82, 2.24) is 24.5 Å². The van der Waals surface area contributed by atoms with E-state index in [0.717, 1.165) is 37.3 Å². The number of hydrogen-bond donors (Lipinski definition) is 1. The number of piperidine rings is 1. The van der Waals surface area contributed by atoms with Gasteiger partial charge < -0.3 is 10.2 Å². The summed E-state index contributed by atoms with van der Waals surface area (Å²) in [5, 5.41) is 7.56. The van der Waals surface area contributed by atoms with Crippen molar-refractivity contribution in [3.05, 3.63) is 54.1 Å². The van der Waals surface area contributed by atoms with Crippen LogP contribution in [0.25, 0.3) is 5.65 Å². The summed E-state index contributed by atoms with van der Waals surface area (Å²) in [6.07, 6.45) is 8.52. The molecule has 0 spiro atoms. The fourth-order valence-corrected chi connectivity index (χ4v) is 3.18. The molecule has 25 heavy (non-hydrogen) atoms. The smallest absolute Gasteiger partial charge is 0.257 e. The zero-order valence-electron chi connectivity index (χ0n) is 13.9. The van der Waals surface area contributed by atoms with Crippen LogP contribution >= 0.6 is 0 Å². The van der Waals surface area contributed by atoms with Crippen LogP contribution in [-0.2, 0) is 6.54 Å². The van der Waals surface area contributed by atoms with Crippen molar-refractivity contribution in [2.24, 2.45) is 0 Å². The third-order valence-corrected chi connectivity index (χ3v) is 4.49. The molecule has 0 aromatic carbocycles. The average molecular weight is 336 g/mol. The lowest BCUT2D eigenvalue weighted by molar-refractivity contribution is 0.0725. The van der Waals surface area contributed by atoms with Gasteiger partial charge in [-0.1, -0.05) is 0 Å². The topological polar surface area (TPSA) is 75.4 Å². The van der Waals surface area contributed by atoms with E-state index in [1.165, 1.54) is 6.42 Å². The van der Waals surface area contributed by atoms with Gasteiger partial charge in [-0.05, 0) is 37.5 Å². The van der Waals surface area contributed by atoms with Crippen molar-refractivity contribution < 1.29 is 4.79 Å². The number of amides is 1. The summed E-state index contributed by atoms with van der Waals surface area (Å²) >= 11 is 0. The Balaban J connectivity index is 1.55. The largest absolute Gasteiger partial charge is 0.364 e. The van der Waals surface area contributed by atoms with Crippen molar-refractivity contribution in [2.75, 3.05) is 18.4 Å². The second-order valence-corrected chi connectivity index (χ2v) is 6.14. The molecule has 1 N–H and O–H groups in total. The Hall–Kier alpha value is -2.96. The number of fused-ring (bicyclic) bond motifs is 1. The molecule has 0 aliphatic carbocycles. The van der Waals surface area contributed by atoms with Crippen molar-refractivity contribution in [3.8, 4) is 0 Å². The molecule has 1 aliphatic heterocycles. The molecule has 0 radical (unpaired) electrons. The Kier molecular flexibility index (Phi) is 4.28. The fourth-order valence-electron chi connectivity index (χ4n) is 3.18. The zero-order chi connectivity index (χ0) is 17.1. The Morgan fingerprint density at radius 2 is 1.92 bits per heavy atom. The van der Waals surface area contributed by atoms with E-state index < -0.39 is 0 Å². The first-order chi connectivity index (χ1) is 12.3. The van der Waals surface area contributed by atoms with Gasteiger partial charge in [0, 0.05) is 31.5 Å². The molecular formula is C18H20N6O. The highest BCUT2D eigenvalue weighted by molar-refractivity contribution is 5.98. The van der Waals surface area contributed by atoms with E-state index in [2.05, 4.69) is 20.4 Å². The highest BCUT2D eigenvalue weighted by Gasteiger charge is 2.21. The van der Waals surface area contributed by atoms with Gasteiger partial charge in [0.2, 0.25) is 0 Å². The molecule has 3 aromatic rings. The Bertz CT molecular complexity index is 884. The maximum atomic E-state index is 12.8. The molecule has 0 bridgehead atoms. The number of hydrogen-bond acceptors (Lipinski definition) is 5. The third kappa shape index (κ3) is 3.17. The fraction of sp³-hybridized carbons (Fsp3) is 0.333. The van der Waals surface area contributed by atoms with E-state index >= 15 is 0 Å². The molecule has 7 heteroatoms. The quantitative estimate of drug-likeness (QED) is 0.791. The molecular weight excluding hydrogens is 316 g/mol. The second kappa shape index (κ2) is 6.88. The summed E-state index contributed by atoms with van der Waals surface area (Å²) in [6.45, 7) is 2.16. The molecule has 3 aromatic heterocycles. The molecule has 7 nitrogen and oxygen atoms in total. The number of nitrogens with zero attached hydrogens (tertiary/aromatic N) is 5. The molecule has 4 rings (SSSR count). The maximum absolute atomic E-state index is 12.8. The molecule has 128 valence electrons. The van der Waals surface area contributed by atoms with Gasteiger partial charge in [-0.3, -0.25) is 4.79 Å². The number of aromatic nitrogens is 4. The average Bonchev–Trinajstić information content (AvgIpc) is 3.16. The van der Waals surface area contributed by atoms with Crippen molar-refractivity contribution >= 4 is 17.4 Å². The number of rotatable bonds is 4. The highest BCUT2D eigenvalue weighted by Crippen LogP contribution is 2.18. The molecule has 1 amide bonds. The standard InChI is InChI=1S/C18H20N6O/c25-18(23-11-2-1-3-12-23)15-5-4-8-20-17(15)21-13-14-6-9-19-16-7-10-22-24(14)16/h4-10H,1-3,11-13H2,(H,20,21). The van der Waals surface area contributed by atoms with E-state index in [4.69, 9.17) is 0 Å². The minimum Gasteiger partial charge on any atom is -0.364 e. The van der Waals surface area contributed by atoms with Crippen LogP contribution in [0.4, 0.5) is 5.82 Å². The van der Waals surface area contributed by atoms with Crippen LogP contribution in [-0.4, -0.2) is 43.5 Å². The van der Waals surface area contributed by atoms with Crippen LogP contribution in [0.1, 0.15) is 35.3 Å². The SMILES string of the molecule is O=C(c1cccnc1NCc1ccnc2ccnn12)N1CCCCC1. The molecule has 1 fully saturated rings. The Morgan fingerprint density at radius 3 is 2.80 bits per heavy atom. The highest BCUT2D eigenvalue weighted by atomic mass is 16.2. The number of nitrogens with one attached hydrogen (secondary N) is 1. The van der Waals surface area contributed by atoms with E-state index in [1.54, 1.807) is 29.2 Å². The first kappa shape index (κ1) is 15.6. The third-order valence-electron chi connectivity index (χ3n) is 4.49. The Labute approximate surface area is 145 Å². The van der Waals surface area contributed by atoms with Gasteiger partial charge in [0.15, 0.2) is 5.65 Å². The predicted octanol–water partition coefficient (Wildman–Crippen LogP) is 2.36. The van der Waals surface area contributed by atoms with E-state index in [9.17, 15) is 4.79 Å². The molecule has 4 heterocycles. The monoisotopic (exact) mass is 336 g/mol. The van der Waals surface area contributed by atoms with Crippen LogP contribution < -0.4 is 5.32 Å². The molecule has 1 aliphatic rings. The lowest BCUT2D eigenvalue weighted by Crippen LogP contribution is -2.36. The van der Waals surface area contributed by atoms with Crippen LogP contribution in [0.5, 0.6) is 0 Å². The van der Waals surface area contributed by atoms with Gasteiger partial charge in [-0.25, -0.2) is 14.5 Å². The van der Waals surface area contributed by atoms with Gasteiger partial charge in [-0.15, -0.1) is 0 Å². The molecule has 0 saturated carbocycles. The summed E-state index contributed by atoms with van der Waals surface area (Å²) in [4.78, 5) is 23.4.